The van der Waals surface area contributed by atoms with Gasteiger partial charge in [-0.05, 0) is 31.0 Å². The monoisotopic (exact) mass is 278 g/mol. The molecule has 0 saturated heterocycles. The SMILES string of the molecule is CCc1ccc(C(=O)N(CC)CC(C)C(N)=S)cc1. The van der Waals surface area contributed by atoms with E-state index in [-0.39, 0.29) is 11.8 Å². The number of amides is 1. The van der Waals surface area contributed by atoms with Crippen molar-refractivity contribution in [3.05, 3.63) is 35.4 Å². The summed E-state index contributed by atoms with van der Waals surface area (Å²) in [4.78, 5) is 14.6. The fourth-order valence-corrected chi connectivity index (χ4v) is 1.92. The zero-order valence-corrected chi connectivity index (χ0v) is 12.7. The molecule has 0 aromatic heterocycles. The van der Waals surface area contributed by atoms with Crippen LogP contribution in [0.15, 0.2) is 24.3 Å². The van der Waals surface area contributed by atoms with E-state index in [0.717, 1.165) is 6.42 Å². The maximum atomic E-state index is 12.4. The van der Waals surface area contributed by atoms with E-state index in [1.807, 2.05) is 38.1 Å². The number of hydrogen-bond donors (Lipinski definition) is 1. The Morgan fingerprint density at radius 1 is 1.32 bits per heavy atom. The molecule has 0 aliphatic rings. The lowest BCUT2D eigenvalue weighted by Crippen LogP contribution is -2.38. The summed E-state index contributed by atoms with van der Waals surface area (Å²) in [6, 6.07) is 7.76. The Kier molecular flexibility index (Phi) is 5.96. The summed E-state index contributed by atoms with van der Waals surface area (Å²) in [6.45, 7) is 7.23. The molecular weight excluding hydrogens is 256 g/mol. The first-order valence-corrected chi connectivity index (χ1v) is 7.07. The number of hydrogen-bond acceptors (Lipinski definition) is 2. The van der Waals surface area contributed by atoms with E-state index in [4.69, 9.17) is 18.0 Å². The molecule has 0 aliphatic carbocycles. The normalized spacial score (nSPS) is 11.9. The molecular formula is C15H22N2OS. The molecule has 1 atom stereocenters. The van der Waals surface area contributed by atoms with E-state index < -0.39 is 0 Å². The average Bonchev–Trinajstić information content (AvgIpc) is 2.43. The molecule has 1 rings (SSSR count). The minimum Gasteiger partial charge on any atom is -0.393 e. The summed E-state index contributed by atoms with van der Waals surface area (Å²) in [5.41, 5.74) is 7.56. The molecule has 0 heterocycles. The number of nitrogens with two attached hydrogens (primary N) is 1. The van der Waals surface area contributed by atoms with Gasteiger partial charge in [-0.25, -0.2) is 0 Å². The summed E-state index contributed by atoms with van der Waals surface area (Å²) in [5, 5.41) is 0. The Morgan fingerprint density at radius 2 is 1.89 bits per heavy atom. The highest BCUT2D eigenvalue weighted by Crippen LogP contribution is 2.10. The third-order valence-corrected chi connectivity index (χ3v) is 3.66. The lowest BCUT2D eigenvalue weighted by Gasteiger charge is -2.24. The van der Waals surface area contributed by atoms with Crippen LogP contribution in [-0.2, 0) is 6.42 Å². The van der Waals surface area contributed by atoms with E-state index in [0.29, 0.717) is 23.6 Å². The Balaban J connectivity index is 2.79. The first kappa shape index (κ1) is 15.6. The van der Waals surface area contributed by atoms with Crippen molar-refractivity contribution in [2.24, 2.45) is 11.7 Å². The summed E-state index contributed by atoms with van der Waals surface area (Å²) in [7, 11) is 0. The second-order valence-corrected chi connectivity index (χ2v) is 5.17. The molecule has 0 bridgehead atoms. The first-order valence-electron chi connectivity index (χ1n) is 6.67. The van der Waals surface area contributed by atoms with E-state index in [9.17, 15) is 4.79 Å². The molecule has 19 heavy (non-hydrogen) atoms. The molecule has 0 aliphatic heterocycles. The van der Waals surface area contributed by atoms with Gasteiger partial charge in [0.15, 0.2) is 0 Å². The maximum absolute atomic E-state index is 12.4. The van der Waals surface area contributed by atoms with Crippen molar-refractivity contribution in [3.63, 3.8) is 0 Å². The summed E-state index contributed by atoms with van der Waals surface area (Å²) in [6.07, 6.45) is 0.977. The van der Waals surface area contributed by atoms with Gasteiger partial charge in [0.25, 0.3) is 5.91 Å². The largest absolute Gasteiger partial charge is 0.393 e. The second-order valence-electron chi connectivity index (χ2n) is 4.70. The minimum absolute atomic E-state index is 0.0354. The molecule has 104 valence electrons. The lowest BCUT2D eigenvalue weighted by molar-refractivity contribution is 0.0755. The highest BCUT2D eigenvalue weighted by Gasteiger charge is 2.17. The molecule has 2 N–H and O–H groups in total. The van der Waals surface area contributed by atoms with E-state index >= 15 is 0 Å². The van der Waals surface area contributed by atoms with Crippen LogP contribution in [0.4, 0.5) is 0 Å². The van der Waals surface area contributed by atoms with Gasteiger partial charge >= 0.3 is 0 Å². The second kappa shape index (κ2) is 7.24. The molecule has 4 heteroatoms. The van der Waals surface area contributed by atoms with E-state index in [1.54, 1.807) is 4.90 Å². The highest BCUT2D eigenvalue weighted by molar-refractivity contribution is 7.80. The number of rotatable bonds is 6. The zero-order chi connectivity index (χ0) is 14.4. The number of carbonyl (C=O) groups excluding carboxylic acids is 1. The topological polar surface area (TPSA) is 46.3 Å². The molecule has 1 aromatic carbocycles. The Labute approximate surface area is 120 Å². The highest BCUT2D eigenvalue weighted by atomic mass is 32.1. The predicted octanol–water partition coefficient (Wildman–Crippen LogP) is 2.63. The molecule has 0 radical (unpaired) electrons. The van der Waals surface area contributed by atoms with Gasteiger partial charge in [0.1, 0.15) is 0 Å². The van der Waals surface area contributed by atoms with E-state index in [2.05, 4.69) is 6.92 Å². The van der Waals surface area contributed by atoms with Crippen LogP contribution in [-0.4, -0.2) is 28.9 Å². The number of thiocarbonyl (C=S) groups is 1. The van der Waals surface area contributed by atoms with Gasteiger partial charge in [0.05, 0.1) is 4.99 Å². The van der Waals surface area contributed by atoms with Gasteiger partial charge in [0, 0.05) is 24.6 Å². The van der Waals surface area contributed by atoms with Gasteiger partial charge < -0.3 is 10.6 Å². The number of aryl methyl sites for hydroxylation is 1. The van der Waals surface area contributed by atoms with Crippen LogP contribution >= 0.6 is 12.2 Å². The Morgan fingerprint density at radius 3 is 2.32 bits per heavy atom. The maximum Gasteiger partial charge on any atom is 0.253 e. The molecule has 0 fully saturated rings. The third kappa shape index (κ3) is 4.31. The van der Waals surface area contributed by atoms with Gasteiger partial charge in [0.2, 0.25) is 0 Å². The van der Waals surface area contributed by atoms with Crippen molar-refractivity contribution in [2.45, 2.75) is 27.2 Å². The van der Waals surface area contributed by atoms with Crippen molar-refractivity contribution in [1.29, 1.82) is 0 Å². The Hall–Kier alpha value is -1.42. The lowest BCUT2D eigenvalue weighted by atomic mass is 10.1. The number of nitrogens with zero attached hydrogens (tertiary/aromatic N) is 1. The van der Waals surface area contributed by atoms with Crippen LogP contribution in [0.25, 0.3) is 0 Å². The first-order chi connectivity index (χ1) is 8.99. The fraction of sp³-hybridized carbons (Fsp3) is 0.467. The summed E-state index contributed by atoms with van der Waals surface area (Å²) >= 11 is 4.96. The van der Waals surface area contributed by atoms with Crippen LogP contribution in [0.2, 0.25) is 0 Å². The standard InChI is InChI=1S/C15H22N2OS/c1-4-12-6-8-13(9-7-12)15(18)17(5-2)10-11(3)14(16)19/h6-9,11H,4-5,10H2,1-3H3,(H2,16,19). The fourth-order valence-electron chi connectivity index (χ4n) is 1.84. The van der Waals surface area contributed by atoms with Crippen LogP contribution < -0.4 is 5.73 Å². The van der Waals surface area contributed by atoms with Gasteiger partial charge in [-0.2, -0.15) is 0 Å². The minimum atomic E-state index is 0.0354. The van der Waals surface area contributed by atoms with Crippen molar-refractivity contribution >= 4 is 23.1 Å². The van der Waals surface area contributed by atoms with Crippen molar-refractivity contribution in [1.82, 2.24) is 4.90 Å². The van der Waals surface area contributed by atoms with Gasteiger partial charge in [-0.1, -0.05) is 38.2 Å². The van der Waals surface area contributed by atoms with Crippen LogP contribution in [0.1, 0.15) is 36.7 Å². The van der Waals surface area contributed by atoms with Gasteiger partial charge in [-0.15, -0.1) is 0 Å². The van der Waals surface area contributed by atoms with Crippen LogP contribution in [0.3, 0.4) is 0 Å². The van der Waals surface area contributed by atoms with Crippen molar-refractivity contribution in [2.75, 3.05) is 13.1 Å². The molecule has 0 spiro atoms. The quantitative estimate of drug-likeness (QED) is 0.814. The van der Waals surface area contributed by atoms with Crippen LogP contribution in [0, 0.1) is 5.92 Å². The predicted molar refractivity (Wildman–Crippen MR) is 83.3 cm³/mol. The summed E-state index contributed by atoms with van der Waals surface area (Å²) < 4.78 is 0. The molecule has 1 aromatic rings. The number of carbonyl (C=O) groups is 1. The zero-order valence-electron chi connectivity index (χ0n) is 11.8. The smallest absolute Gasteiger partial charge is 0.253 e. The van der Waals surface area contributed by atoms with Crippen LogP contribution in [0.5, 0.6) is 0 Å². The molecule has 3 nitrogen and oxygen atoms in total. The molecule has 0 saturated carbocycles. The Bertz CT molecular complexity index is 442. The molecule has 1 unspecified atom stereocenters. The average molecular weight is 278 g/mol. The van der Waals surface area contributed by atoms with Crippen molar-refractivity contribution in [3.8, 4) is 0 Å². The van der Waals surface area contributed by atoms with Gasteiger partial charge in [-0.3, -0.25) is 4.79 Å². The third-order valence-electron chi connectivity index (χ3n) is 3.26. The molecule has 1 amide bonds. The van der Waals surface area contributed by atoms with E-state index in [1.165, 1.54) is 5.56 Å². The summed E-state index contributed by atoms with van der Waals surface area (Å²) in [5.74, 6) is 0.0714. The number of benzene rings is 1. The van der Waals surface area contributed by atoms with Crippen molar-refractivity contribution < 1.29 is 4.79 Å².